The zero-order valence-corrected chi connectivity index (χ0v) is 41.2. The number of unbranched alkanes of at least 4 members (excludes halogenated alkanes) is 1. The number of likely N-dealkylation sites (N-methyl/N-ethyl adjacent to an activating group) is 1. The lowest BCUT2D eigenvalue weighted by Gasteiger charge is -2.34. The van der Waals surface area contributed by atoms with Crippen LogP contribution in [0.5, 0.6) is 0 Å². The number of rotatable bonds is 17. The third kappa shape index (κ3) is 47.4. The number of amides is 2. The second-order valence-corrected chi connectivity index (χ2v) is 16.5. The summed E-state index contributed by atoms with van der Waals surface area (Å²) in [6, 6.07) is 11.3. The maximum atomic E-state index is 10.5. The van der Waals surface area contributed by atoms with Crippen LogP contribution >= 0.6 is 0 Å². The lowest BCUT2D eigenvalue weighted by atomic mass is 9.82. The summed E-state index contributed by atoms with van der Waals surface area (Å²) in [6.45, 7) is 37.8. The summed E-state index contributed by atoms with van der Waals surface area (Å²) in [4.78, 5) is 51.4. The first kappa shape index (κ1) is 70.4. The number of Topliss-reactive ketones (excluding diaryl/α,β-unsaturated/α-hetero) is 1. The van der Waals surface area contributed by atoms with Gasteiger partial charge in [0.05, 0.1) is 6.04 Å². The molecule has 3 N–H and O–H groups in total. The van der Waals surface area contributed by atoms with E-state index in [0.717, 1.165) is 37.9 Å². The summed E-state index contributed by atoms with van der Waals surface area (Å²) in [5.41, 5.74) is 2.12. The first-order valence-corrected chi connectivity index (χ1v) is 22.0. The molecule has 1 aromatic carbocycles. The van der Waals surface area contributed by atoms with Gasteiger partial charge in [0.15, 0.2) is 0 Å². The molecule has 1 fully saturated rings. The van der Waals surface area contributed by atoms with Gasteiger partial charge in [-0.3, -0.25) is 14.4 Å². The Hall–Kier alpha value is -3.17. The van der Waals surface area contributed by atoms with Gasteiger partial charge >= 0.3 is 0 Å². The Kier molecular flexibility index (Phi) is 56.7. The molecular formula is C50H100N4O5. The van der Waals surface area contributed by atoms with Crippen molar-refractivity contribution >= 4 is 31.2 Å². The molecule has 0 spiro atoms. The highest BCUT2D eigenvalue weighted by Crippen LogP contribution is 2.32. The average Bonchev–Trinajstić information content (AvgIpc) is 3.42. The molecule has 1 heterocycles. The molecule has 59 heavy (non-hydrogen) atoms. The number of likely N-dealkylation sites (tertiary alicyclic amines) is 1. The Morgan fingerprint density at radius 1 is 0.949 bits per heavy atom. The molecule has 0 aromatic heterocycles. The molecule has 350 valence electrons. The fourth-order valence-corrected chi connectivity index (χ4v) is 5.81. The van der Waals surface area contributed by atoms with Crippen LogP contribution in [0.1, 0.15) is 182 Å². The third-order valence-electron chi connectivity index (χ3n) is 9.01. The van der Waals surface area contributed by atoms with Crippen LogP contribution in [0, 0.1) is 16.7 Å². The molecule has 1 saturated heterocycles. The second kappa shape index (κ2) is 47.5. The lowest BCUT2D eigenvalue weighted by molar-refractivity contribution is -0.120. The van der Waals surface area contributed by atoms with Gasteiger partial charge in [-0.15, -0.1) is 6.58 Å². The van der Waals surface area contributed by atoms with Gasteiger partial charge in [0.1, 0.15) is 18.4 Å². The molecule has 2 amide bonds. The molecule has 0 bridgehead atoms. The molecule has 1 aliphatic heterocycles. The van der Waals surface area contributed by atoms with E-state index in [-0.39, 0.29) is 24.8 Å². The highest BCUT2D eigenvalue weighted by molar-refractivity contribution is 5.77. The zero-order valence-electron chi connectivity index (χ0n) is 41.2. The van der Waals surface area contributed by atoms with Crippen molar-refractivity contribution in [1.82, 2.24) is 20.9 Å². The Morgan fingerprint density at radius 3 is 1.68 bits per heavy atom. The smallest absolute Gasteiger partial charge is 0.207 e. The van der Waals surface area contributed by atoms with E-state index in [1.807, 2.05) is 41.5 Å². The van der Waals surface area contributed by atoms with E-state index in [0.29, 0.717) is 36.1 Å². The summed E-state index contributed by atoms with van der Waals surface area (Å²) in [5, 5.41) is 8.42. The molecular weight excluding hydrogens is 737 g/mol. The molecule has 0 aliphatic carbocycles. The van der Waals surface area contributed by atoms with Crippen molar-refractivity contribution in [3.63, 3.8) is 0 Å². The first-order valence-electron chi connectivity index (χ1n) is 22.0. The van der Waals surface area contributed by atoms with Crippen LogP contribution in [0.4, 0.5) is 0 Å². The van der Waals surface area contributed by atoms with Gasteiger partial charge in [-0.1, -0.05) is 166 Å². The minimum absolute atomic E-state index is 0. The van der Waals surface area contributed by atoms with Gasteiger partial charge < -0.3 is 30.4 Å². The normalized spacial score (nSPS) is 15.1. The van der Waals surface area contributed by atoms with Crippen molar-refractivity contribution in [2.75, 3.05) is 27.2 Å². The van der Waals surface area contributed by atoms with Gasteiger partial charge in [0.2, 0.25) is 12.8 Å². The van der Waals surface area contributed by atoms with E-state index in [4.69, 9.17) is 4.79 Å². The number of hydrogen-bond acceptors (Lipinski definition) is 7. The maximum absolute atomic E-state index is 10.5. The van der Waals surface area contributed by atoms with Crippen LogP contribution in [-0.2, 0) is 30.4 Å². The summed E-state index contributed by atoms with van der Waals surface area (Å²) in [5.74, 6) is 0.590. The van der Waals surface area contributed by atoms with Gasteiger partial charge in [-0.2, -0.15) is 0 Å². The fourth-order valence-electron chi connectivity index (χ4n) is 5.81. The standard InChI is InChI=1S/C16H27N.C8H17N.C7H13NO2.C7H14O.C4H7NO.C3H8.C2H4O.C2H6.CH4/c1-4-6-13-16(17-3,12-5-2)14-15-10-8-7-9-11-15;1-7-5-8(2,3)6-9(7)4;1-7(2,3)6(4-9)8-5-10;1-4-5-6(2)7(3)8;1-2-3-5-4-6;1-3-2;1-2-3;1-2;/h7-11,17H,4-6,12-14H2,1-3H3;7H,5-6H2,1-4H3;4-6H,1-3H3,(H,8,10);6H,4-5H2,1-3H3;2,4H,1,3H2,(H,5,6);3H2,1-2H3;2H,1H3;1-2H3;1H4. The van der Waals surface area contributed by atoms with Gasteiger partial charge in [-0.05, 0) is 83.4 Å². The minimum atomic E-state index is -0.384. The minimum Gasteiger partial charge on any atom is -0.355 e. The summed E-state index contributed by atoms with van der Waals surface area (Å²) in [6.07, 6.45) is 16.6. The van der Waals surface area contributed by atoms with Crippen molar-refractivity contribution in [2.24, 2.45) is 16.7 Å². The van der Waals surface area contributed by atoms with E-state index >= 15 is 0 Å². The number of carbonyl (C=O) groups excluding carboxylic acids is 5. The first-order chi connectivity index (χ1) is 27.2. The predicted molar refractivity (Wildman–Crippen MR) is 260 cm³/mol. The Balaban J connectivity index is -0.000000113. The van der Waals surface area contributed by atoms with Crippen LogP contribution in [0.2, 0.25) is 0 Å². The quantitative estimate of drug-likeness (QED) is 0.0810. The number of nitrogens with zero attached hydrogens (tertiary/aromatic N) is 1. The SMILES string of the molecule is C.C=CCNC=O.CC.CC(C)(C)C(C=O)NC=O.CC1CC(C)(C)CN1C.CC=O.CCC.CCCC(C)C(C)=O.CCCCC(CCC)(Cc1ccccc1)NC. The Labute approximate surface area is 367 Å². The molecule has 1 aliphatic rings. The molecule has 4 atom stereocenters. The van der Waals surface area contributed by atoms with Gasteiger partial charge in [0, 0.05) is 30.6 Å². The summed E-state index contributed by atoms with van der Waals surface area (Å²) in [7, 11) is 4.33. The summed E-state index contributed by atoms with van der Waals surface area (Å²) < 4.78 is 0. The number of hydrogen-bond donors (Lipinski definition) is 3. The van der Waals surface area contributed by atoms with Crippen molar-refractivity contribution in [3.05, 3.63) is 48.6 Å². The Bertz CT molecular complexity index is 1050. The zero-order chi connectivity index (χ0) is 46.6. The summed E-state index contributed by atoms with van der Waals surface area (Å²) >= 11 is 0. The molecule has 0 radical (unpaired) electrons. The number of benzene rings is 1. The second-order valence-electron chi connectivity index (χ2n) is 16.5. The van der Waals surface area contributed by atoms with Crippen LogP contribution in [0.3, 0.4) is 0 Å². The average molecular weight is 837 g/mol. The molecule has 0 saturated carbocycles. The van der Waals surface area contributed by atoms with E-state index in [1.54, 1.807) is 13.0 Å². The van der Waals surface area contributed by atoms with Crippen molar-refractivity contribution in [1.29, 1.82) is 0 Å². The number of carbonyl (C=O) groups is 5. The number of aldehydes is 2. The van der Waals surface area contributed by atoms with Crippen LogP contribution in [0.25, 0.3) is 0 Å². The van der Waals surface area contributed by atoms with E-state index in [9.17, 15) is 19.2 Å². The van der Waals surface area contributed by atoms with Crippen LogP contribution < -0.4 is 16.0 Å². The molecule has 9 nitrogen and oxygen atoms in total. The number of ketones is 1. The molecule has 9 heteroatoms. The molecule has 2 rings (SSSR count). The Morgan fingerprint density at radius 2 is 1.46 bits per heavy atom. The van der Waals surface area contributed by atoms with Crippen LogP contribution in [-0.4, -0.2) is 80.9 Å². The van der Waals surface area contributed by atoms with Gasteiger partial charge in [-0.25, -0.2) is 0 Å². The topological polar surface area (TPSA) is 125 Å². The monoisotopic (exact) mass is 837 g/mol. The van der Waals surface area contributed by atoms with Gasteiger partial charge in [0.25, 0.3) is 0 Å². The third-order valence-corrected chi connectivity index (χ3v) is 9.01. The fraction of sp³-hybridized carbons (Fsp3) is 0.740. The van der Waals surface area contributed by atoms with Crippen molar-refractivity contribution < 1.29 is 24.0 Å². The molecule has 4 unspecified atom stereocenters. The highest BCUT2D eigenvalue weighted by atomic mass is 16.1. The highest BCUT2D eigenvalue weighted by Gasteiger charge is 2.32. The lowest BCUT2D eigenvalue weighted by Crippen LogP contribution is -2.45. The van der Waals surface area contributed by atoms with Crippen LogP contribution in [0.15, 0.2) is 43.0 Å². The number of nitrogens with one attached hydrogen (secondary N) is 3. The van der Waals surface area contributed by atoms with E-state index in [1.165, 1.54) is 64.0 Å². The molecule has 1 aromatic rings. The van der Waals surface area contributed by atoms with Crippen molar-refractivity contribution in [3.8, 4) is 0 Å². The predicted octanol–water partition coefficient (Wildman–Crippen LogP) is 11.5. The van der Waals surface area contributed by atoms with Crippen molar-refractivity contribution in [2.45, 2.75) is 200 Å². The maximum Gasteiger partial charge on any atom is 0.207 e. The van der Waals surface area contributed by atoms with E-state index < -0.39 is 0 Å². The largest absolute Gasteiger partial charge is 0.355 e. The van der Waals surface area contributed by atoms with E-state index in [2.05, 4.69) is 127 Å².